The fraction of sp³-hybridized carbons (Fsp3) is 0.417. The van der Waals surface area contributed by atoms with Gasteiger partial charge < -0.3 is 11.1 Å². The first kappa shape index (κ1) is 13.7. The van der Waals surface area contributed by atoms with Crippen LogP contribution in [0.5, 0.6) is 0 Å². The number of anilines is 2. The number of hydrogen-bond donors (Lipinski definition) is 2. The van der Waals surface area contributed by atoms with E-state index < -0.39 is 10.8 Å². The first-order valence-electron chi connectivity index (χ1n) is 5.48. The Morgan fingerprint density at radius 2 is 2.06 bits per heavy atom. The highest BCUT2D eigenvalue weighted by molar-refractivity contribution is 7.85. The molecule has 0 bridgehead atoms. The average Bonchev–Trinajstić information content (AvgIpc) is 2.19. The topological polar surface area (TPSA) is 72.2 Å². The number of nitrogens with two attached hydrogens (primary N) is 1. The molecule has 0 saturated carbocycles. The molecule has 0 spiro atoms. The molecular weight excluding hydrogens is 236 g/mol. The number of rotatable bonds is 5. The summed E-state index contributed by atoms with van der Waals surface area (Å²) >= 11 is 0. The van der Waals surface area contributed by atoms with Crippen molar-refractivity contribution in [1.82, 2.24) is 0 Å². The largest absolute Gasteiger partial charge is 0.397 e. The first-order valence-corrected chi connectivity index (χ1v) is 6.97. The Morgan fingerprint density at radius 3 is 2.65 bits per heavy atom. The van der Waals surface area contributed by atoms with Gasteiger partial charge in [-0.2, -0.15) is 0 Å². The van der Waals surface area contributed by atoms with Gasteiger partial charge in [-0.3, -0.25) is 9.00 Å². The molecule has 1 amide bonds. The molecule has 1 unspecified atom stereocenters. The minimum atomic E-state index is -1.11. The standard InChI is InChI=1S/C12H18N2O2S/c1-9(2)7-17(16)8-12(15)14-11-6-4-3-5-10(11)13/h3-6,9H,7-8,13H2,1-2H3,(H,14,15). The van der Waals surface area contributed by atoms with Crippen LogP contribution >= 0.6 is 0 Å². The third kappa shape index (κ3) is 4.99. The molecule has 3 N–H and O–H groups in total. The van der Waals surface area contributed by atoms with Gasteiger partial charge in [0.05, 0.1) is 11.4 Å². The molecule has 4 nitrogen and oxygen atoms in total. The second-order valence-corrected chi connectivity index (χ2v) is 5.78. The van der Waals surface area contributed by atoms with Gasteiger partial charge in [0.15, 0.2) is 0 Å². The van der Waals surface area contributed by atoms with Gasteiger partial charge in [-0.1, -0.05) is 26.0 Å². The summed E-state index contributed by atoms with van der Waals surface area (Å²) in [6.45, 7) is 3.95. The molecule has 0 aliphatic carbocycles. The lowest BCUT2D eigenvalue weighted by Gasteiger charge is -2.08. The van der Waals surface area contributed by atoms with Crippen LogP contribution in [0.3, 0.4) is 0 Å². The van der Waals surface area contributed by atoms with E-state index in [1.807, 2.05) is 13.8 Å². The molecule has 1 rings (SSSR count). The molecule has 0 aromatic heterocycles. The maximum Gasteiger partial charge on any atom is 0.237 e. The minimum absolute atomic E-state index is 0.0204. The number of hydrogen-bond acceptors (Lipinski definition) is 3. The Kier molecular flexibility index (Phi) is 5.15. The Bertz CT molecular complexity index is 419. The zero-order valence-electron chi connectivity index (χ0n) is 10.1. The van der Waals surface area contributed by atoms with Crippen molar-refractivity contribution in [2.24, 2.45) is 5.92 Å². The molecule has 0 saturated heterocycles. The molecular formula is C12H18N2O2S. The van der Waals surface area contributed by atoms with E-state index in [1.54, 1.807) is 24.3 Å². The van der Waals surface area contributed by atoms with Gasteiger partial charge in [0, 0.05) is 16.6 Å². The average molecular weight is 254 g/mol. The lowest BCUT2D eigenvalue weighted by atomic mass is 10.3. The van der Waals surface area contributed by atoms with E-state index in [0.29, 0.717) is 23.0 Å². The summed E-state index contributed by atoms with van der Waals surface area (Å²) in [7, 11) is -1.11. The van der Waals surface area contributed by atoms with Crippen LogP contribution in [0.4, 0.5) is 11.4 Å². The highest BCUT2D eigenvalue weighted by Crippen LogP contribution is 2.16. The zero-order valence-corrected chi connectivity index (χ0v) is 10.9. The van der Waals surface area contributed by atoms with E-state index in [1.165, 1.54) is 0 Å². The SMILES string of the molecule is CC(C)CS(=O)CC(=O)Nc1ccccc1N. The van der Waals surface area contributed by atoms with E-state index in [0.717, 1.165) is 0 Å². The first-order chi connectivity index (χ1) is 7.99. The summed E-state index contributed by atoms with van der Waals surface area (Å²) in [6, 6.07) is 7.01. The van der Waals surface area contributed by atoms with Crippen molar-refractivity contribution in [3.63, 3.8) is 0 Å². The van der Waals surface area contributed by atoms with Crippen LogP contribution in [0.2, 0.25) is 0 Å². The van der Waals surface area contributed by atoms with E-state index in [4.69, 9.17) is 5.73 Å². The molecule has 1 aromatic rings. The van der Waals surface area contributed by atoms with Crippen LogP contribution in [0.1, 0.15) is 13.8 Å². The summed E-state index contributed by atoms with van der Waals surface area (Å²) in [5, 5.41) is 2.66. The maximum atomic E-state index is 11.6. The van der Waals surface area contributed by atoms with Gasteiger partial charge in [0.1, 0.15) is 5.75 Å². The fourth-order valence-electron chi connectivity index (χ4n) is 1.37. The van der Waals surface area contributed by atoms with Crippen molar-refractivity contribution < 1.29 is 9.00 Å². The van der Waals surface area contributed by atoms with Gasteiger partial charge in [0.25, 0.3) is 0 Å². The summed E-state index contributed by atoms with van der Waals surface area (Å²) in [5.74, 6) is 0.622. The highest BCUT2D eigenvalue weighted by Gasteiger charge is 2.10. The van der Waals surface area contributed by atoms with Crippen LogP contribution < -0.4 is 11.1 Å². The molecule has 0 radical (unpaired) electrons. The van der Waals surface area contributed by atoms with Crippen molar-refractivity contribution >= 4 is 28.1 Å². The Labute approximate surface area is 104 Å². The van der Waals surface area contributed by atoms with E-state index in [9.17, 15) is 9.00 Å². The van der Waals surface area contributed by atoms with Crippen molar-refractivity contribution in [2.75, 3.05) is 22.6 Å². The van der Waals surface area contributed by atoms with Gasteiger partial charge in [0.2, 0.25) is 5.91 Å². The third-order valence-corrected chi connectivity index (χ3v) is 3.67. The second kappa shape index (κ2) is 6.39. The number of carbonyl (C=O) groups is 1. The Hall–Kier alpha value is -1.36. The molecule has 0 aliphatic heterocycles. The van der Waals surface area contributed by atoms with E-state index in [2.05, 4.69) is 5.32 Å². The van der Waals surface area contributed by atoms with Crippen molar-refractivity contribution in [3.05, 3.63) is 24.3 Å². The Balaban J connectivity index is 2.51. The predicted octanol–water partition coefficient (Wildman–Crippen LogP) is 1.61. The smallest absolute Gasteiger partial charge is 0.237 e. The van der Waals surface area contributed by atoms with Gasteiger partial charge >= 0.3 is 0 Å². The van der Waals surface area contributed by atoms with Crippen LogP contribution in [0, 0.1) is 5.92 Å². The quantitative estimate of drug-likeness (QED) is 0.784. The summed E-state index contributed by atoms with van der Waals surface area (Å²) in [6.07, 6.45) is 0. The number of nitrogens with one attached hydrogen (secondary N) is 1. The maximum absolute atomic E-state index is 11.6. The normalized spacial score (nSPS) is 12.4. The summed E-state index contributed by atoms with van der Waals surface area (Å²) in [4.78, 5) is 11.6. The number of para-hydroxylation sites is 2. The fourth-order valence-corrected chi connectivity index (χ4v) is 2.60. The summed E-state index contributed by atoms with van der Waals surface area (Å²) < 4.78 is 11.6. The molecule has 0 fully saturated rings. The third-order valence-electron chi connectivity index (χ3n) is 2.05. The van der Waals surface area contributed by atoms with Crippen molar-refractivity contribution in [1.29, 1.82) is 0 Å². The number of nitrogen functional groups attached to an aromatic ring is 1. The van der Waals surface area contributed by atoms with Gasteiger partial charge in [-0.15, -0.1) is 0 Å². The van der Waals surface area contributed by atoms with Gasteiger partial charge in [-0.25, -0.2) is 0 Å². The van der Waals surface area contributed by atoms with Crippen LogP contribution in [0.25, 0.3) is 0 Å². The molecule has 17 heavy (non-hydrogen) atoms. The molecule has 1 atom stereocenters. The number of benzene rings is 1. The molecule has 5 heteroatoms. The summed E-state index contributed by atoms with van der Waals surface area (Å²) in [5.41, 5.74) is 6.77. The lowest BCUT2D eigenvalue weighted by Crippen LogP contribution is -2.22. The molecule has 0 heterocycles. The molecule has 94 valence electrons. The monoisotopic (exact) mass is 254 g/mol. The highest BCUT2D eigenvalue weighted by atomic mass is 32.2. The number of amides is 1. The van der Waals surface area contributed by atoms with Crippen molar-refractivity contribution in [3.8, 4) is 0 Å². The second-order valence-electron chi connectivity index (χ2n) is 4.28. The zero-order chi connectivity index (χ0) is 12.8. The molecule has 1 aromatic carbocycles. The van der Waals surface area contributed by atoms with Gasteiger partial charge in [-0.05, 0) is 18.1 Å². The van der Waals surface area contributed by atoms with Crippen LogP contribution in [0.15, 0.2) is 24.3 Å². The van der Waals surface area contributed by atoms with Crippen LogP contribution in [-0.4, -0.2) is 21.6 Å². The number of carbonyl (C=O) groups excluding carboxylic acids is 1. The Morgan fingerprint density at radius 1 is 1.41 bits per heavy atom. The van der Waals surface area contributed by atoms with Crippen molar-refractivity contribution in [2.45, 2.75) is 13.8 Å². The van der Waals surface area contributed by atoms with Crippen LogP contribution in [-0.2, 0) is 15.6 Å². The predicted molar refractivity (Wildman–Crippen MR) is 72.2 cm³/mol. The lowest BCUT2D eigenvalue weighted by molar-refractivity contribution is -0.113. The van der Waals surface area contributed by atoms with E-state index in [-0.39, 0.29) is 11.7 Å². The minimum Gasteiger partial charge on any atom is -0.397 e. The molecule has 0 aliphatic rings. The van der Waals surface area contributed by atoms with E-state index >= 15 is 0 Å².